The minimum Gasteiger partial charge on any atom is -0.457 e. The number of furan rings is 1. The third-order valence-corrected chi connectivity index (χ3v) is 5.29. The summed E-state index contributed by atoms with van der Waals surface area (Å²) in [5, 5.41) is 2.88. The number of benzene rings is 2. The first-order chi connectivity index (χ1) is 14.2. The number of hydrogen-bond donors (Lipinski definition) is 1. The van der Waals surface area contributed by atoms with E-state index in [0.717, 1.165) is 53.5 Å². The lowest BCUT2D eigenvalue weighted by atomic mass is 10.2. The number of hydrogen-bond acceptors (Lipinski definition) is 4. The molecule has 6 heteroatoms. The van der Waals surface area contributed by atoms with Crippen LogP contribution < -0.4 is 10.2 Å². The second kappa shape index (κ2) is 9.11. The number of morpholine rings is 1. The zero-order chi connectivity index (χ0) is 20.1. The Kier molecular flexibility index (Phi) is 6.12. The van der Waals surface area contributed by atoms with E-state index >= 15 is 0 Å². The fourth-order valence-electron chi connectivity index (χ4n) is 3.19. The van der Waals surface area contributed by atoms with E-state index in [0.29, 0.717) is 5.76 Å². The van der Waals surface area contributed by atoms with Crippen molar-refractivity contribution >= 4 is 39.3 Å². The summed E-state index contributed by atoms with van der Waals surface area (Å²) in [7, 11) is 0. The molecule has 5 nitrogen and oxygen atoms in total. The minimum atomic E-state index is -0.214. The van der Waals surface area contributed by atoms with Crippen LogP contribution in [0.25, 0.3) is 17.4 Å². The van der Waals surface area contributed by atoms with Gasteiger partial charge in [0.15, 0.2) is 0 Å². The van der Waals surface area contributed by atoms with Crippen LogP contribution >= 0.6 is 15.9 Å². The maximum atomic E-state index is 12.3. The lowest BCUT2D eigenvalue weighted by molar-refractivity contribution is -0.111. The fourth-order valence-corrected chi connectivity index (χ4v) is 3.82. The standard InChI is InChI=1S/C23H21BrN2O3/c24-20-16-18(6-9-21(20)26-12-14-28-15-13-26)25-23(27)11-8-19-7-10-22(29-19)17-4-2-1-3-5-17/h1-11,16H,12-15H2,(H,25,27)/b11-8+. The van der Waals surface area contributed by atoms with Gasteiger partial charge in [0.25, 0.3) is 0 Å². The molecule has 1 aliphatic rings. The minimum absolute atomic E-state index is 0.214. The first kappa shape index (κ1) is 19.5. The smallest absolute Gasteiger partial charge is 0.248 e. The Labute approximate surface area is 178 Å². The predicted molar refractivity (Wildman–Crippen MR) is 119 cm³/mol. The molecule has 2 heterocycles. The molecule has 1 amide bonds. The van der Waals surface area contributed by atoms with E-state index in [1.54, 1.807) is 6.08 Å². The first-order valence-electron chi connectivity index (χ1n) is 9.45. The summed E-state index contributed by atoms with van der Waals surface area (Å²) in [6.45, 7) is 3.19. The van der Waals surface area contributed by atoms with Crippen molar-refractivity contribution in [3.05, 3.63) is 77.0 Å². The van der Waals surface area contributed by atoms with E-state index in [9.17, 15) is 4.79 Å². The van der Waals surface area contributed by atoms with Crippen molar-refractivity contribution < 1.29 is 13.9 Å². The Hall–Kier alpha value is -2.83. The molecule has 4 rings (SSSR count). The number of carbonyl (C=O) groups excluding carboxylic acids is 1. The largest absolute Gasteiger partial charge is 0.457 e. The Balaban J connectivity index is 1.38. The van der Waals surface area contributed by atoms with E-state index in [4.69, 9.17) is 9.15 Å². The van der Waals surface area contributed by atoms with E-state index in [2.05, 4.69) is 26.1 Å². The quantitative estimate of drug-likeness (QED) is 0.540. The van der Waals surface area contributed by atoms with Crippen molar-refractivity contribution in [3.8, 4) is 11.3 Å². The molecule has 0 bridgehead atoms. The van der Waals surface area contributed by atoms with Crippen molar-refractivity contribution in [2.45, 2.75) is 0 Å². The topological polar surface area (TPSA) is 54.7 Å². The average Bonchev–Trinajstić information content (AvgIpc) is 3.23. The lowest BCUT2D eigenvalue weighted by Crippen LogP contribution is -2.36. The number of amides is 1. The van der Waals surface area contributed by atoms with Gasteiger partial charge < -0.3 is 19.4 Å². The van der Waals surface area contributed by atoms with Crippen LogP contribution in [0.15, 0.2) is 75.6 Å². The second-order valence-electron chi connectivity index (χ2n) is 6.66. The highest BCUT2D eigenvalue weighted by atomic mass is 79.9. The van der Waals surface area contributed by atoms with Gasteiger partial charge in [-0.25, -0.2) is 0 Å². The summed E-state index contributed by atoms with van der Waals surface area (Å²) in [4.78, 5) is 14.5. The van der Waals surface area contributed by atoms with Crippen LogP contribution in [0.5, 0.6) is 0 Å². The molecule has 2 aromatic carbocycles. The Morgan fingerprint density at radius 1 is 1.03 bits per heavy atom. The fraction of sp³-hybridized carbons (Fsp3) is 0.174. The average molecular weight is 453 g/mol. The van der Waals surface area contributed by atoms with E-state index in [1.165, 1.54) is 6.08 Å². The Bertz CT molecular complexity index is 1010. The molecule has 0 aliphatic carbocycles. The molecule has 0 radical (unpaired) electrons. The monoisotopic (exact) mass is 452 g/mol. The number of rotatable bonds is 5. The molecule has 0 spiro atoms. The molecule has 1 N–H and O–H groups in total. The zero-order valence-electron chi connectivity index (χ0n) is 15.8. The third kappa shape index (κ3) is 4.96. The highest BCUT2D eigenvalue weighted by molar-refractivity contribution is 9.10. The summed E-state index contributed by atoms with van der Waals surface area (Å²) in [5.74, 6) is 1.19. The number of nitrogens with zero attached hydrogens (tertiary/aromatic N) is 1. The van der Waals surface area contributed by atoms with Crippen molar-refractivity contribution in [2.24, 2.45) is 0 Å². The zero-order valence-corrected chi connectivity index (χ0v) is 17.4. The van der Waals surface area contributed by atoms with Gasteiger partial charge >= 0.3 is 0 Å². The van der Waals surface area contributed by atoms with Crippen molar-refractivity contribution in [1.82, 2.24) is 0 Å². The number of halogens is 1. The molecule has 0 unspecified atom stereocenters. The van der Waals surface area contributed by atoms with Crippen molar-refractivity contribution in [3.63, 3.8) is 0 Å². The van der Waals surface area contributed by atoms with Crippen LogP contribution in [0, 0.1) is 0 Å². The third-order valence-electron chi connectivity index (χ3n) is 4.65. The summed E-state index contributed by atoms with van der Waals surface area (Å²) in [6.07, 6.45) is 3.14. The SMILES string of the molecule is O=C(/C=C/c1ccc(-c2ccccc2)o1)Nc1ccc(N2CCOCC2)c(Br)c1. The van der Waals surface area contributed by atoms with Gasteiger partial charge in [0, 0.05) is 34.9 Å². The first-order valence-corrected chi connectivity index (χ1v) is 10.2. The van der Waals surface area contributed by atoms with Gasteiger partial charge in [-0.1, -0.05) is 30.3 Å². The Morgan fingerprint density at radius 2 is 1.83 bits per heavy atom. The number of carbonyl (C=O) groups is 1. The normalized spacial score (nSPS) is 14.3. The highest BCUT2D eigenvalue weighted by Crippen LogP contribution is 2.30. The van der Waals surface area contributed by atoms with Gasteiger partial charge in [0.2, 0.25) is 5.91 Å². The van der Waals surface area contributed by atoms with Crippen LogP contribution in [0.2, 0.25) is 0 Å². The van der Waals surface area contributed by atoms with E-state index in [-0.39, 0.29) is 5.91 Å². The molecule has 0 atom stereocenters. The molecule has 29 heavy (non-hydrogen) atoms. The predicted octanol–water partition coefficient (Wildman–Crippen LogP) is 5.20. The Morgan fingerprint density at radius 3 is 2.59 bits per heavy atom. The molecule has 148 valence electrons. The number of anilines is 2. The summed E-state index contributed by atoms with van der Waals surface area (Å²) >= 11 is 3.61. The summed E-state index contributed by atoms with van der Waals surface area (Å²) < 4.78 is 12.1. The second-order valence-corrected chi connectivity index (χ2v) is 7.51. The van der Waals surface area contributed by atoms with Crippen LogP contribution in [0.4, 0.5) is 11.4 Å². The van der Waals surface area contributed by atoms with E-state index in [1.807, 2.05) is 60.7 Å². The highest BCUT2D eigenvalue weighted by Gasteiger charge is 2.14. The molecule has 3 aromatic rings. The van der Waals surface area contributed by atoms with Gasteiger partial charge in [-0.05, 0) is 52.3 Å². The van der Waals surface area contributed by atoms with Gasteiger partial charge in [0.05, 0.1) is 18.9 Å². The van der Waals surface area contributed by atoms with Gasteiger partial charge in [-0.15, -0.1) is 0 Å². The number of ether oxygens (including phenoxy) is 1. The lowest BCUT2D eigenvalue weighted by Gasteiger charge is -2.29. The molecule has 0 saturated carbocycles. The number of nitrogens with one attached hydrogen (secondary N) is 1. The van der Waals surface area contributed by atoms with Crippen LogP contribution in [0.1, 0.15) is 5.76 Å². The molecule has 1 saturated heterocycles. The molecule has 1 aliphatic heterocycles. The van der Waals surface area contributed by atoms with Crippen LogP contribution in [0.3, 0.4) is 0 Å². The van der Waals surface area contributed by atoms with Crippen molar-refractivity contribution in [1.29, 1.82) is 0 Å². The summed E-state index contributed by atoms with van der Waals surface area (Å²) in [6, 6.07) is 19.4. The van der Waals surface area contributed by atoms with E-state index < -0.39 is 0 Å². The maximum absolute atomic E-state index is 12.3. The molecular formula is C23H21BrN2O3. The molecule has 1 fully saturated rings. The van der Waals surface area contributed by atoms with Gasteiger partial charge in [-0.3, -0.25) is 4.79 Å². The van der Waals surface area contributed by atoms with Crippen LogP contribution in [-0.2, 0) is 9.53 Å². The maximum Gasteiger partial charge on any atom is 0.248 e. The molecular weight excluding hydrogens is 432 g/mol. The molecule has 1 aromatic heterocycles. The van der Waals surface area contributed by atoms with Gasteiger partial charge in [-0.2, -0.15) is 0 Å². The summed E-state index contributed by atoms with van der Waals surface area (Å²) in [5.41, 5.74) is 2.83. The van der Waals surface area contributed by atoms with Gasteiger partial charge in [0.1, 0.15) is 11.5 Å². The van der Waals surface area contributed by atoms with Crippen molar-refractivity contribution in [2.75, 3.05) is 36.5 Å². The van der Waals surface area contributed by atoms with Crippen LogP contribution in [-0.4, -0.2) is 32.2 Å².